The number of hydrogen-bond donors (Lipinski definition) is 1. The molecule has 0 amide bonds. The maximum atomic E-state index is 12.0. The van der Waals surface area contributed by atoms with Crippen molar-refractivity contribution in [3.63, 3.8) is 0 Å². The lowest BCUT2D eigenvalue weighted by Crippen LogP contribution is -2.14. The van der Waals surface area contributed by atoms with Crippen molar-refractivity contribution >= 4 is 0 Å². The fourth-order valence-electron chi connectivity index (χ4n) is 1.92. The highest BCUT2D eigenvalue weighted by molar-refractivity contribution is 5.32. The highest BCUT2D eigenvalue weighted by Gasteiger charge is 2.26. The maximum Gasteiger partial charge on any atom is 0.389 e. The van der Waals surface area contributed by atoms with Crippen LogP contribution < -0.4 is 5.73 Å². The molecule has 0 radical (unpaired) electrons. The van der Waals surface area contributed by atoms with Crippen molar-refractivity contribution in [3.05, 3.63) is 34.9 Å². The molecule has 1 unspecified atom stereocenters. The lowest BCUT2D eigenvalue weighted by molar-refractivity contribution is -0.135. The first-order valence-electron chi connectivity index (χ1n) is 5.69. The first-order valence-corrected chi connectivity index (χ1v) is 5.69. The number of nitrogens with two attached hydrogens (primary N) is 1. The van der Waals surface area contributed by atoms with Crippen LogP contribution in [0.5, 0.6) is 0 Å². The molecule has 0 heterocycles. The zero-order valence-electron chi connectivity index (χ0n) is 10.1. The summed E-state index contributed by atoms with van der Waals surface area (Å²) in [6, 6.07) is 5.53. The molecule has 1 rings (SSSR count). The normalized spacial score (nSPS) is 13.8. The summed E-state index contributed by atoms with van der Waals surface area (Å²) in [5, 5.41) is 0. The van der Waals surface area contributed by atoms with Gasteiger partial charge in [0, 0.05) is 12.5 Å². The van der Waals surface area contributed by atoms with Crippen LogP contribution in [-0.2, 0) is 0 Å². The van der Waals surface area contributed by atoms with Gasteiger partial charge in [-0.3, -0.25) is 0 Å². The summed E-state index contributed by atoms with van der Waals surface area (Å²) >= 11 is 0. The van der Waals surface area contributed by atoms with E-state index in [-0.39, 0.29) is 12.5 Å². The number of rotatable bonds is 4. The minimum absolute atomic E-state index is 0.0813. The molecule has 0 saturated carbocycles. The SMILES string of the molecule is Cc1ccc(C(N)CCCC(F)(F)F)c(C)c1. The molecule has 17 heavy (non-hydrogen) atoms. The molecule has 0 aliphatic heterocycles. The van der Waals surface area contributed by atoms with E-state index >= 15 is 0 Å². The van der Waals surface area contributed by atoms with Gasteiger partial charge in [0.25, 0.3) is 0 Å². The number of aryl methyl sites for hydroxylation is 2. The smallest absolute Gasteiger partial charge is 0.324 e. The van der Waals surface area contributed by atoms with Crippen molar-refractivity contribution in [2.24, 2.45) is 5.73 Å². The zero-order chi connectivity index (χ0) is 13.1. The minimum Gasteiger partial charge on any atom is -0.324 e. The van der Waals surface area contributed by atoms with Crippen LogP contribution in [0.15, 0.2) is 18.2 Å². The Morgan fingerprint density at radius 2 is 1.88 bits per heavy atom. The van der Waals surface area contributed by atoms with Crippen LogP contribution in [0.3, 0.4) is 0 Å². The second kappa shape index (κ2) is 5.54. The van der Waals surface area contributed by atoms with E-state index in [1.165, 1.54) is 0 Å². The van der Waals surface area contributed by atoms with Crippen molar-refractivity contribution in [3.8, 4) is 0 Å². The Hall–Kier alpha value is -1.03. The van der Waals surface area contributed by atoms with Gasteiger partial charge in [0.1, 0.15) is 0 Å². The third kappa shape index (κ3) is 4.77. The van der Waals surface area contributed by atoms with Crippen LogP contribution in [0.4, 0.5) is 13.2 Å². The van der Waals surface area contributed by atoms with Crippen molar-refractivity contribution in [2.45, 2.75) is 45.3 Å². The highest BCUT2D eigenvalue weighted by Crippen LogP contribution is 2.26. The molecule has 0 fully saturated rings. The summed E-state index contributed by atoms with van der Waals surface area (Å²) in [6.07, 6.45) is -4.39. The maximum absolute atomic E-state index is 12.0. The van der Waals surface area contributed by atoms with Gasteiger partial charge in [-0.05, 0) is 37.8 Å². The number of halogens is 3. The predicted molar refractivity (Wildman–Crippen MR) is 62.8 cm³/mol. The molecule has 1 aromatic carbocycles. The van der Waals surface area contributed by atoms with Gasteiger partial charge in [0.15, 0.2) is 0 Å². The van der Waals surface area contributed by atoms with Gasteiger partial charge in [-0.2, -0.15) is 13.2 Å². The van der Waals surface area contributed by atoms with Crippen LogP contribution in [0.25, 0.3) is 0 Å². The molecule has 2 N–H and O–H groups in total. The van der Waals surface area contributed by atoms with Crippen molar-refractivity contribution in [2.75, 3.05) is 0 Å². The predicted octanol–water partition coefficient (Wildman–Crippen LogP) is 4.04. The Morgan fingerprint density at radius 3 is 2.41 bits per heavy atom. The van der Waals surface area contributed by atoms with E-state index < -0.39 is 12.6 Å². The summed E-state index contributed by atoms with van der Waals surface area (Å²) in [6.45, 7) is 3.91. The van der Waals surface area contributed by atoms with Gasteiger partial charge in [-0.25, -0.2) is 0 Å². The van der Waals surface area contributed by atoms with Crippen molar-refractivity contribution in [1.29, 1.82) is 0 Å². The van der Waals surface area contributed by atoms with Crippen LogP contribution >= 0.6 is 0 Å². The summed E-state index contributed by atoms with van der Waals surface area (Å²) in [5.74, 6) is 0. The molecule has 1 aromatic rings. The van der Waals surface area contributed by atoms with E-state index in [1.807, 2.05) is 32.0 Å². The Morgan fingerprint density at radius 1 is 1.24 bits per heavy atom. The van der Waals surface area contributed by atoms with Crippen LogP contribution in [0.1, 0.15) is 42.0 Å². The Kier molecular flexibility index (Phi) is 4.57. The highest BCUT2D eigenvalue weighted by atomic mass is 19.4. The molecule has 0 aliphatic rings. The molecule has 0 saturated heterocycles. The molecule has 0 aliphatic carbocycles. The van der Waals surface area contributed by atoms with E-state index in [4.69, 9.17) is 5.73 Å². The van der Waals surface area contributed by atoms with E-state index in [9.17, 15) is 13.2 Å². The summed E-state index contributed by atoms with van der Waals surface area (Å²) in [4.78, 5) is 0. The largest absolute Gasteiger partial charge is 0.389 e. The van der Waals surface area contributed by atoms with E-state index in [0.29, 0.717) is 6.42 Å². The van der Waals surface area contributed by atoms with Crippen LogP contribution in [0.2, 0.25) is 0 Å². The minimum atomic E-state index is -4.08. The van der Waals surface area contributed by atoms with Crippen LogP contribution in [0, 0.1) is 13.8 Å². The zero-order valence-corrected chi connectivity index (χ0v) is 10.1. The van der Waals surface area contributed by atoms with Gasteiger partial charge in [-0.1, -0.05) is 23.8 Å². The average molecular weight is 245 g/mol. The molecule has 1 nitrogen and oxygen atoms in total. The lowest BCUT2D eigenvalue weighted by Gasteiger charge is -2.15. The topological polar surface area (TPSA) is 26.0 Å². The number of benzene rings is 1. The Labute approximate surface area is 99.8 Å². The lowest BCUT2D eigenvalue weighted by atomic mass is 9.96. The van der Waals surface area contributed by atoms with E-state index in [2.05, 4.69) is 0 Å². The van der Waals surface area contributed by atoms with Gasteiger partial charge in [0.05, 0.1) is 0 Å². The fraction of sp³-hybridized carbons (Fsp3) is 0.538. The molecule has 0 bridgehead atoms. The van der Waals surface area contributed by atoms with Crippen molar-refractivity contribution in [1.82, 2.24) is 0 Å². The Balaban J connectivity index is 2.55. The average Bonchev–Trinajstić information content (AvgIpc) is 2.15. The Bertz CT molecular complexity index is 371. The third-order valence-electron chi connectivity index (χ3n) is 2.80. The number of hydrogen-bond acceptors (Lipinski definition) is 1. The molecule has 4 heteroatoms. The first-order chi connectivity index (χ1) is 7.79. The van der Waals surface area contributed by atoms with Gasteiger partial charge in [-0.15, -0.1) is 0 Å². The van der Waals surface area contributed by atoms with Gasteiger partial charge in [0.2, 0.25) is 0 Å². The second-order valence-corrected chi connectivity index (χ2v) is 4.47. The summed E-state index contributed by atoms with van der Waals surface area (Å²) in [7, 11) is 0. The molecular formula is C13H18F3N. The molecule has 0 spiro atoms. The van der Waals surface area contributed by atoms with Crippen LogP contribution in [-0.4, -0.2) is 6.18 Å². The molecule has 0 aromatic heterocycles. The molecule has 96 valence electrons. The fourth-order valence-corrected chi connectivity index (χ4v) is 1.92. The van der Waals surface area contributed by atoms with Gasteiger partial charge >= 0.3 is 6.18 Å². The third-order valence-corrected chi connectivity index (χ3v) is 2.80. The second-order valence-electron chi connectivity index (χ2n) is 4.47. The summed E-state index contributed by atoms with van der Waals surface area (Å²) < 4.78 is 36.0. The van der Waals surface area contributed by atoms with E-state index in [0.717, 1.165) is 16.7 Å². The van der Waals surface area contributed by atoms with Crippen molar-refractivity contribution < 1.29 is 13.2 Å². The van der Waals surface area contributed by atoms with Gasteiger partial charge < -0.3 is 5.73 Å². The molecular weight excluding hydrogens is 227 g/mol. The standard InChI is InChI=1S/C13H18F3N/c1-9-5-6-11(10(2)8-9)12(17)4-3-7-13(14,15)16/h5-6,8,12H,3-4,7,17H2,1-2H3. The van der Waals surface area contributed by atoms with E-state index in [1.54, 1.807) is 0 Å². The monoisotopic (exact) mass is 245 g/mol. The quantitative estimate of drug-likeness (QED) is 0.851. The number of alkyl halides is 3. The summed E-state index contributed by atoms with van der Waals surface area (Å²) in [5.41, 5.74) is 9.03. The first kappa shape index (κ1) is 14.0. The molecule has 1 atom stereocenters.